The van der Waals surface area contributed by atoms with Crippen molar-refractivity contribution in [2.45, 2.75) is 30.3 Å². The van der Waals surface area contributed by atoms with Gasteiger partial charge in [-0.15, -0.1) is 11.3 Å². The number of hydrogen-bond acceptors (Lipinski definition) is 5. The smallest absolute Gasteiger partial charge is 0.243 e. The highest BCUT2D eigenvalue weighted by molar-refractivity contribution is 7.89. The van der Waals surface area contributed by atoms with Crippen LogP contribution in [0, 0.1) is 5.82 Å². The van der Waals surface area contributed by atoms with E-state index in [1.165, 1.54) is 32.7 Å². The third-order valence-electron chi connectivity index (χ3n) is 5.00. The van der Waals surface area contributed by atoms with Gasteiger partial charge in [-0.2, -0.15) is 4.31 Å². The Kier molecular flexibility index (Phi) is 5.37. The lowest BCUT2D eigenvalue weighted by Gasteiger charge is -2.27. The summed E-state index contributed by atoms with van der Waals surface area (Å²) in [5, 5.41) is 0.799. The first-order valence-corrected chi connectivity index (χ1v) is 11.5. The highest BCUT2D eigenvalue weighted by Crippen LogP contribution is 2.28. The molecule has 29 heavy (non-hydrogen) atoms. The monoisotopic (exact) mass is 433 g/mol. The molecule has 9 heteroatoms. The van der Waals surface area contributed by atoms with Crippen LogP contribution >= 0.6 is 11.3 Å². The summed E-state index contributed by atoms with van der Waals surface area (Å²) in [5.41, 5.74) is 0.884. The van der Waals surface area contributed by atoms with E-state index in [-0.39, 0.29) is 17.3 Å². The molecule has 1 fully saturated rings. The lowest BCUT2D eigenvalue weighted by Crippen LogP contribution is -2.46. The molecule has 1 atom stereocenters. The van der Waals surface area contributed by atoms with Crippen LogP contribution in [0.5, 0.6) is 0 Å². The molecule has 0 spiro atoms. The summed E-state index contributed by atoms with van der Waals surface area (Å²) in [5.74, 6) is -0.763. The van der Waals surface area contributed by atoms with Gasteiger partial charge in [0.25, 0.3) is 0 Å². The average molecular weight is 434 g/mol. The van der Waals surface area contributed by atoms with Crippen LogP contribution in [0.3, 0.4) is 0 Å². The molecule has 4 rings (SSSR count). The van der Waals surface area contributed by atoms with Crippen molar-refractivity contribution in [3.63, 3.8) is 0 Å². The van der Waals surface area contributed by atoms with Crippen molar-refractivity contribution in [1.29, 1.82) is 0 Å². The minimum Gasteiger partial charge on any atom is -0.338 e. The molecule has 1 aromatic heterocycles. The zero-order valence-electron chi connectivity index (χ0n) is 15.8. The Morgan fingerprint density at radius 2 is 1.97 bits per heavy atom. The SMILES string of the molecule is CN(Cc1nc2ccccc2s1)C(=O)[C@@H]1CCCN1S(=O)(=O)c1ccc(F)cc1. The predicted molar refractivity (Wildman–Crippen MR) is 109 cm³/mol. The van der Waals surface area contributed by atoms with Gasteiger partial charge in [-0.05, 0) is 49.2 Å². The van der Waals surface area contributed by atoms with Crippen LogP contribution in [-0.2, 0) is 21.4 Å². The van der Waals surface area contributed by atoms with Gasteiger partial charge in [0, 0.05) is 13.6 Å². The van der Waals surface area contributed by atoms with Gasteiger partial charge in [0.1, 0.15) is 16.9 Å². The number of halogens is 1. The molecule has 0 aliphatic carbocycles. The molecule has 0 bridgehead atoms. The molecule has 0 radical (unpaired) electrons. The number of benzene rings is 2. The topological polar surface area (TPSA) is 70.6 Å². The van der Waals surface area contributed by atoms with E-state index in [9.17, 15) is 17.6 Å². The van der Waals surface area contributed by atoms with Crippen molar-refractivity contribution in [2.75, 3.05) is 13.6 Å². The van der Waals surface area contributed by atoms with E-state index < -0.39 is 21.9 Å². The van der Waals surface area contributed by atoms with E-state index in [0.29, 0.717) is 19.4 Å². The summed E-state index contributed by atoms with van der Waals surface area (Å²) in [7, 11) is -2.21. The fourth-order valence-electron chi connectivity index (χ4n) is 3.54. The molecular weight excluding hydrogens is 413 g/mol. The Morgan fingerprint density at radius 3 is 2.69 bits per heavy atom. The second kappa shape index (κ2) is 7.81. The number of hydrogen-bond donors (Lipinski definition) is 0. The highest BCUT2D eigenvalue weighted by atomic mass is 32.2. The van der Waals surface area contributed by atoms with Gasteiger partial charge in [0.15, 0.2) is 0 Å². The number of fused-ring (bicyclic) bond motifs is 1. The highest BCUT2D eigenvalue weighted by Gasteiger charge is 2.40. The predicted octanol–water partition coefficient (Wildman–Crippen LogP) is 3.25. The molecule has 0 N–H and O–H groups in total. The van der Waals surface area contributed by atoms with Crippen molar-refractivity contribution in [3.05, 3.63) is 59.4 Å². The zero-order valence-corrected chi connectivity index (χ0v) is 17.4. The fourth-order valence-corrected chi connectivity index (χ4v) is 6.21. The van der Waals surface area contributed by atoms with Crippen molar-refractivity contribution in [1.82, 2.24) is 14.2 Å². The summed E-state index contributed by atoms with van der Waals surface area (Å²) < 4.78 is 41.4. The summed E-state index contributed by atoms with van der Waals surface area (Å²) in [6, 6.07) is 11.7. The second-order valence-electron chi connectivity index (χ2n) is 7.00. The first-order chi connectivity index (χ1) is 13.9. The van der Waals surface area contributed by atoms with Crippen molar-refractivity contribution in [2.24, 2.45) is 0 Å². The molecule has 1 saturated heterocycles. The molecule has 1 aliphatic heterocycles. The number of likely N-dealkylation sites (N-methyl/N-ethyl adjacent to an activating group) is 1. The Morgan fingerprint density at radius 1 is 1.24 bits per heavy atom. The zero-order chi connectivity index (χ0) is 20.6. The number of aromatic nitrogens is 1. The molecular formula is C20H20FN3O3S2. The Bertz CT molecular complexity index is 1110. The minimum absolute atomic E-state index is 0.00701. The number of rotatable bonds is 5. The number of nitrogens with zero attached hydrogens (tertiary/aromatic N) is 3. The van der Waals surface area contributed by atoms with Gasteiger partial charge in [-0.3, -0.25) is 4.79 Å². The summed E-state index contributed by atoms with van der Waals surface area (Å²) in [6.07, 6.45) is 1.06. The Balaban J connectivity index is 1.52. The maximum atomic E-state index is 13.2. The van der Waals surface area contributed by atoms with Gasteiger partial charge in [0.2, 0.25) is 15.9 Å². The number of carbonyl (C=O) groups is 1. The minimum atomic E-state index is -3.87. The molecule has 1 aliphatic rings. The number of thiazole rings is 1. The van der Waals surface area contributed by atoms with Crippen LogP contribution < -0.4 is 0 Å². The first kappa shape index (κ1) is 19.9. The van der Waals surface area contributed by atoms with Crippen LogP contribution in [0.4, 0.5) is 4.39 Å². The van der Waals surface area contributed by atoms with Gasteiger partial charge < -0.3 is 4.90 Å². The van der Waals surface area contributed by atoms with Crippen LogP contribution in [-0.4, -0.2) is 48.1 Å². The lowest BCUT2D eigenvalue weighted by molar-refractivity contribution is -0.133. The van der Waals surface area contributed by atoms with E-state index in [1.807, 2.05) is 24.3 Å². The van der Waals surface area contributed by atoms with Gasteiger partial charge in [-0.25, -0.2) is 17.8 Å². The number of carbonyl (C=O) groups excluding carboxylic acids is 1. The van der Waals surface area contributed by atoms with Crippen molar-refractivity contribution >= 4 is 37.5 Å². The molecule has 2 heterocycles. The van der Waals surface area contributed by atoms with E-state index in [2.05, 4.69) is 4.98 Å². The lowest BCUT2D eigenvalue weighted by atomic mass is 10.2. The first-order valence-electron chi connectivity index (χ1n) is 9.23. The maximum absolute atomic E-state index is 13.2. The van der Waals surface area contributed by atoms with E-state index in [4.69, 9.17) is 0 Å². The third-order valence-corrected chi connectivity index (χ3v) is 7.94. The number of para-hydroxylation sites is 1. The molecule has 6 nitrogen and oxygen atoms in total. The summed E-state index contributed by atoms with van der Waals surface area (Å²) in [4.78, 5) is 19.1. The normalized spacial score (nSPS) is 17.7. The van der Waals surface area contributed by atoms with Gasteiger partial charge >= 0.3 is 0 Å². The molecule has 2 aromatic carbocycles. The molecule has 0 unspecified atom stereocenters. The van der Waals surface area contributed by atoms with Crippen LogP contribution in [0.15, 0.2) is 53.4 Å². The molecule has 152 valence electrons. The van der Waals surface area contributed by atoms with Gasteiger partial charge in [-0.1, -0.05) is 12.1 Å². The average Bonchev–Trinajstić information content (AvgIpc) is 3.34. The largest absolute Gasteiger partial charge is 0.338 e. The molecule has 1 amide bonds. The third kappa shape index (κ3) is 3.90. The maximum Gasteiger partial charge on any atom is 0.243 e. The van der Waals surface area contributed by atoms with Crippen LogP contribution in [0.2, 0.25) is 0 Å². The molecule has 3 aromatic rings. The second-order valence-corrected chi connectivity index (χ2v) is 10.0. The number of amides is 1. The van der Waals surface area contributed by atoms with E-state index in [1.54, 1.807) is 7.05 Å². The number of sulfonamides is 1. The summed E-state index contributed by atoms with van der Waals surface area (Å²) >= 11 is 1.52. The summed E-state index contributed by atoms with van der Waals surface area (Å²) in [6.45, 7) is 0.588. The van der Waals surface area contributed by atoms with Gasteiger partial charge in [0.05, 0.1) is 21.7 Å². The van der Waals surface area contributed by atoms with Crippen molar-refractivity contribution in [3.8, 4) is 0 Å². The van der Waals surface area contributed by atoms with E-state index >= 15 is 0 Å². The Labute approximate surface area is 172 Å². The fraction of sp³-hybridized carbons (Fsp3) is 0.300. The van der Waals surface area contributed by atoms with Crippen LogP contribution in [0.1, 0.15) is 17.8 Å². The van der Waals surface area contributed by atoms with Crippen LogP contribution in [0.25, 0.3) is 10.2 Å². The standard InChI is InChI=1S/C20H20FN3O3S2/c1-23(13-19-22-16-5-2-3-7-18(16)28-19)20(25)17-6-4-12-24(17)29(26,27)15-10-8-14(21)9-11-15/h2-3,5,7-11,17H,4,6,12-13H2,1H3/t17-/m0/s1. The van der Waals surface area contributed by atoms with Crippen molar-refractivity contribution < 1.29 is 17.6 Å². The molecule has 0 saturated carbocycles. The quantitative estimate of drug-likeness (QED) is 0.619. The Hall–Kier alpha value is -2.36. The van der Waals surface area contributed by atoms with E-state index in [0.717, 1.165) is 27.4 Å².